The van der Waals surface area contributed by atoms with E-state index in [2.05, 4.69) is 24.3 Å². The number of nitriles is 1. The maximum atomic E-state index is 14.3. The number of nitrogens with zero attached hydrogens (tertiary/aromatic N) is 7. The van der Waals surface area contributed by atoms with E-state index in [9.17, 15) is 9.18 Å². The highest BCUT2D eigenvalue weighted by atomic mass is 19.1. The summed E-state index contributed by atoms with van der Waals surface area (Å²) in [4.78, 5) is 30.7. The Morgan fingerprint density at radius 1 is 1.11 bits per heavy atom. The van der Waals surface area contributed by atoms with Crippen LogP contribution in [0.15, 0.2) is 59.8 Å². The minimum Gasteiger partial charge on any atom is -0.473 e. The quantitative estimate of drug-likeness (QED) is 0.210. The molecule has 1 fully saturated rings. The lowest BCUT2D eigenvalue weighted by molar-refractivity contribution is -0.0591. The van der Waals surface area contributed by atoms with Gasteiger partial charge >= 0.3 is 5.97 Å². The first-order valence-corrected chi connectivity index (χ1v) is 14.5. The summed E-state index contributed by atoms with van der Waals surface area (Å²) in [5, 5.41) is 8.95. The highest BCUT2D eigenvalue weighted by Crippen LogP contribution is 2.30. The molecular formula is C32H30FN7O4. The lowest BCUT2D eigenvalue weighted by Gasteiger charge is -2.28. The third kappa shape index (κ3) is 5.47. The molecule has 5 heterocycles. The molecular weight excluding hydrogens is 565 g/mol. The van der Waals surface area contributed by atoms with Crippen LogP contribution >= 0.6 is 0 Å². The van der Waals surface area contributed by atoms with E-state index in [1.165, 1.54) is 24.3 Å². The van der Waals surface area contributed by atoms with Crippen molar-refractivity contribution in [3.05, 3.63) is 88.1 Å². The third-order valence-electron chi connectivity index (χ3n) is 8.34. The predicted octanol–water partition coefficient (Wildman–Crippen LogP) is 3.62. The van der Waals surface area contributed by atoms with Crippen LogP contribution < -0.4 is 9.64 Å². The van der Waals surface area contributed by atoms with Crippen LogP contribution in [0, 0.1) is 17.1 Å². The molecule has 0 aliphatic carbocycles. The summed E-state index contributed by atoms with van der Waals surface area (Å²) in [5.74, 6) is 1.01. The van der Waals surface area contributed by atoms with Gasteiger partial charge in [-0.3, -0.25) is 4.90 Å². The number of methoxy groups -OCH3 is 1. The third-order valence-corrected chi connectivity index (χ3v) is 8.34. The fourth-order valence-electron chi connectivity index (χ4n) is 5.94. The Bertz CT molecular complexity index is 1810. The van der Waals surface area contributed by atoms with Crippen LogP contribution in [-0.4, -0.2) is 76.4 Å². The van der Waals surface area contributed by atoms with Gasteiger partial charge in [0, 0.05) is 50.6 Å². The highest BCUT2D eigenvalue weighted by molar-refractivity contribution is 5.93. The van der Waals surface area contributed by atoms with Crippen molar-refractivity contribution in [2.75, 3.05) is 44.8 Å². The van der Waals surface area contributed by atoms with Crippen LogP contribution in [-0.2, 0) is 29.2 Å². The fraction of sp³-hybridized carbons (Fsp3) is 0.344. The molecule has 7 rings (SSSR count). The van der Waals surface area contributed by atoms with Crippen molar-refractivity contribution in [2.45, 2.75) is 32.2 Å². The number of aromatic nitrogens is 4. The second kappa shape index (κ2) is 11.7. The summed E-state index contributed by atoms with van der Waals surface area (Å²) in [5.41, 5.74) is 5.56. The van der Waals surface area contributed by atoms with Crippen molar-refractivity contribution in [3.63, 3.8) is 0 Å². The maximum absolute atomic E-state index is 14.3. The molecule has 0 unspecified atom stereocenters. The average molecular weight is 596 g/mol. The molecule has 2 aromatic carbocycles. The molecule has 1 saturated heterocycles. The van der Waals surface area contributed by atoms with E-state index in [-0.39, 0.29) is 24.2 Å². The van der Waals surface area contributed by atoms with Gasteiger partial charge in [-0.25, -0.2) is 19.2 Å². The number of imidazole rings is 1. The minimum atomic E-state index is -0.485. The molecule has 0 bridgehead atoms. The van der Waals surface area contributed by atoms with Crippen LogP contribution in [0.5, 0.6) is 5.88 Å². The Kier molecular flexibility index (Phi) is 7.41. The van der Waals surface area contributed by atoms with Crippen molar-refractivity contribution >= 4 is 23.0 Å². The van der Waals surface area contributed by atoms with E-state index in [0.717, 1.165) is 43.0 Å². The zero-order valence-electron chi connectivity index (χ0n) is 24.2. The maximum Gasteiger partial charge on any atom is 0.337 e. The van der Waals surface area contributed by atoms with Gasteiger partial charge in [-0.05, 0) is 47.9 Å². The first-order valence-electron chi connectivity index (χ1n) is 14.5. The summed E-state index contributed by atoms with van der Waals surface area (Å²) in [6, 6.07) is 13.4. The Morgan fingerprint density at radius 3 is 2.64 bits per heavy atom. The Balaban J connectivity index is 1.00. The highest BCUT2D eigenvalue weighted by Gasteiger charge is 2.32. The van der Waals surface area contributed by atoms with Crippen LogP contribution in [0.3, 0.4) is 0 Å². The van der Waals surface area contributed by atoms with Crippen LogP contribution in [0.4, 0.5) is 10.3 Å². The monoisotopic (exact) mass is 595 g/mol. The number of hydrogen-bond acceptors (Lipinski definition) is 10. The Hall–Kier alpha value is -4.86. The van der Waals surface area contributed by atoms with Gasteiger partial charge in [-0.2, -0.15) is 10.2 Å². The Labute approximate surface area is 253 Å². The van der Waals surface area contributed by atoms with Gasteiger partial charge in [0.2, 0.25) is 11.8 Å². The zero-order valence-corrected chi connectivity index (χ0v) is 24.2. The zero-order chi connectivity index (χ0) is 30.2. The summed E-state index contributed by atoms with van der Waals surface area (Å²) < 4.78 is 32.9. The smallest absolute Gasteiger partial charge is 0.337 e. The van der Waals surface area contributed by atoms with Crippen molar-refractivity contribution in [3.8, 4) is 11.9 Å². The molecule has 0 radical (unpaired) electrons. The summed E-state index contributed by atoms with van der Waals surface area (Å²) in [7, 11) is 1.39. The first-order chi connectivity index (χ1) is 21.5. The number of anilines is 1. The lowest BCUT2D eigenvalue weighted by Crippen LogP contribution is -2.33. The second-order valence-electron chi connectivity index (χ2n) is 11.2. The number of benzene rings is 2. The van der Waals surface area contributed by atoms with E-state index in [1.807, 2.05) is 18.2 Å². The normalized spacial score (nSPS) is 17.9. The number of carbonyl (C=O) groups is 1. The van der Waals surface area contributed by atoms with Crippen molar-refractivity contribution < 1.29 is 23.4 Å². The number of esters is 1. The number of rotatable bonds is 9. The number of carbonyl (C=O) groups excluding carboxylic acids is 1. The van der Waals surface area contributed by atoms with E-state index in [0.29, 0.717) is 49.1 Å². The molecule has 1 atom stereocenters. The second-order valence-corrected chi connectivity index (χ2v) is 11.2. The van der Waals surface area contributed by atoms with Gasteiger partial charge in [0.1, 0.15) is 18.2 Å². The summed E-state index contributed by atoms with van der Waals surface area (Å²) in [6.07, 6.45) is 2.79. The van der Waals surface area contributed by atoms with Gasteiger partial charge in [-0.15, -0.1) is 0 Å². The molecule has 0 N–H and O–H groups in total. The molecule has 0 amide bonds. The SMILES string of the molecule is COC(=O)c1ccc2nc(CN3CC4=C(C3)CN(c3nccc(OCc5ccc(C#N)cc5F)n3)C4)n(C[C@@H]3CCO3)c2c1. The molecule has 3 aliphatic rings. The first kappa shape index (κ1) is 27.9. The molecule has 3 aliphatic heterocycles. The number of halogens is 1. The molecule has 0 spiro atoms. The molecule has 12 heteroatoms. The Morgan fingerprint density at radius 2 is 1.93 bits per heavy atom. The molecule has 0 saturated carbocycles. The number of hydrogen-bond donors (Lipinski definition) is 0. The largest absolute Gasteiger partial charge is 0.473 e. The van der Waals surface area contributed by atoms with Crippen LogP contribution in [0.1, 0.15) is 33.7 Å². The molecule has 2 aromatic heterocycles. The van der Waals surface area contributed by atoms with E-state index in [1.54, 1.807) is 30.5 Å². The van der Waals surface area contributed by atoms with Gasteiger partial charge in [-0.1, -0.05) is 6.07 Å². The lowest BCUT2D eigenvalue weighted by atomic mass is 10.1. The summed E-state index contributed by atoms with van der Waals surface area (Å²) in [6.45, 7) is 5.20. The van der Waals surface area contributed by atoms with Gasteiger partial charge < -0.3 is 23.7 Å². The van der Waals surface area contributed by atoms with Crippen LogP contribution in [0.2, 0.25) is 0 Å². The van der Waals surface area contributed by atoms with Crippen LogP contribution in [0.25, 0.3) is 11.0 Å². The molecule has 224 valence electrons. The number of fused-ring (bicyclic) bond motifs is 1. The van der Waals surface area contributed by atoms with Gasteiger partial charge in [0.25, 0.3) is 0 Å². The van der Waals surface area contributed by atoms with Gasteiger partial charge in [0.05, 0.1) is 54.5 Å². The van der Waals surface area contributed by atoms with Gasteiger partial charge in [0.15, 0.2) is 0 Å². The fourth-order valence-corrected chi connectivity index (χ4v) is 5.94. The number of ether oxygens (including phenoxy) is 3. The predicted molar refractivity (Wildman–Crippen MR) is 157 cm³/mol. The van der Waals surface area contributed by atoms with E-state index < -0.39 is 5.82 Å². The minimum absolute atomic E-state index is 0.000644. The van der Waals surface area contributed by atoms with Crippen molar-refractivity contribution in [1.82, 2.24) is 24.4 Å². The van der Waals surface area contributed by atoms with Crippen molar-refractivity contribution in [2.24, 2.45) is 0 Å². The molecule has 4 aromatic rings. The standard InChI is InChI=1S/C32H30FN7O4/c1-42-31(41)21-4-5-27-28(11-21)40(17-25-7-9-43-25)29(36-27)18-38-13-23-15-39(16-24(23)14-38)32-35-8-6-30(37-32)44-19-22-3-2-20(12-34)10-26(22)33/h2-6,8,10-11,25H,7,9,13-19H2,1H3/t25-/m0/s1. The molecule has 11 nitrogen and oxygen atoms in total. The van der Waals surface area contributed by atoms with E-state index >= 15 is 0 Å². The van der Waals surface area contributed by atoms with E-state index in [4.69, 9.17) is 24.5 Å². The average Bonchev–Trinajstić information content (AvgIpc) is 3.69. The molecule has 44 heavy (non-hydrogen) atoms. The summed E-state index contributed by atoms with van der Waals surface area (Å²) >= 11 is 0. The topological polar surface area (TPSA) is 119 Å². The van der Waals surface area contributed by atoms with Crippen molar-refractivity contribution in [1.29, 1.82) is 5.26 Å².